The molecular weight excluding hydrogens is 217 g/mol. The zero-order chi connectivity index (χ0) is 13.2. The molecule has 0 saturated carbocycles. The number of carboxylic acid groups (broad SMARTS) is 1. The van der Waals surface area contributed by atoms with Crippen LogP contribution in [0.25, 0.3) is 0 Å². The molecular formula is C7H15F3N2O3. The zero-order valence-electron chi connectivity index (χ0n) is 8.59. The van der Waals surface area contributed by atoms with Crippen LogP contribution >= 0.6 is 0 Å². The van der Waals surface area contributed by atoms with Crippen molar-refractivity contribution in [2.24, 2.45) is 5.73 Å². The molecule has 92 valence electrons. The van der Waals surface area contributed by atoms with Gasteiger partial charge in [0.2, 0.25) is 0 Å². The Kier molecular flexibility index (Phi) is 11.9. The molecule has 0 amide bonds. The molecule has 0 bridgehead atoms. The average Bonchev–Trinajstić information content (AvgIpc) is 1.80. The fraction of sp³-hybridized carbons (Fsp3) is 0.714. The van der Waals surface area contributed by atoms with E-state index in [0.717, 1.165) is 0 Å². The van der Waals surface area contributed by atoms with Crippen LogP contribution in [0.5, 0.6) is 0 Å². The topological polar surface area (TPSA) is 107 Å². The minimum absolute atomic E-state index is 0.167. The third-order valence-corrected chi connectivity index (χ3v) is 0.243. The molecule has 0 spiro atoms. The SMILES string of the molecule is CC(=N)N.CC(C)O.O=C(O)C(F)(F)F. The molecule has 0 rings (SSSR count). The number of aliphatic carboxylic acids is 1. The van der Waals surface area contributed by atoms with E-state index in [1.807, 2.05) is 0 Å². The van der Waals surface area contributed by atoms with Gasteiger partial charge in [-0.1, -0.05) is 0 Å². The largest absolute Gasteiger partial charge is 0.490 e. The van der Waals surface area contributed by atoms with E-state index >= 15 is 0 Å². The minimum Gasteiger partial charge on any atom is -0.475 e. The molecule has 5 nitrogen and oxygen atoms in total. The fourth-order valence-corrected chi connectivity index (χ4v) is 0. The summed E-state index contributed by atoms with van der Waals surface area (Å²) in [5, 5.41) is 21.5. The summed E-state index contributed by atoms with van der Waals surface area (Å²) in [6, 6.07) is 0. The van der Waals surface area contributed by atoms with Gasteiger partial charge in [0, 0.05) is 6.10 Å². The summed E-state index contributed by atoms with van der Waals surface area (Å²) in [4.78, 5) is 8.90. The molecule has 0 radical (unpaired) electrons. The van der Waals surface area contributed by atoms with Crippen molar-refractivity contribution in [3.05, 3.63) is 0 Å². The van der Waals surface area contributed by atoms with Gasteiger partial charge in [-0.3, -0.25) is 5.41 Å². The van der Waals surface area contributed by atoms with Gasteiger partial charge in [0.05, 0.1) is 5.84 Å². The summed E-state index contributed by atoms with van der Waals surface area (Å²) in [7, 11) is 0. The highest BCUT2D eigenvalue weighted by molar-refractivity contribution is 5.73. The number of nitrogens with two attached hydrogens (primary N) is 1. The van der Waals surface area contributed by atoms with E-state index in [9.17, 15) is 13.2 Å². The molecule has 0 aromatic heterocycles. The first kappa shape index (κ1) is 19.3. The average molecular weight is 232 g/mol. The molecule has 15 heavy (non-hydrogen) atoms. The Morgan fingerprint density at radius 3 is 1.47 bits per heavy atom. The number of carboxylic acids is 1. The zero-order valence-corrected chi connectivity index (χ0v) is 8.59. The maximum Gasteiger partial charge on any atom is 0.490 e. The molecule has 0 saturated heterocycles. The van der Waals surface area contributed by atoms with Crippen LogP contribution in [0.2, 0.25) is 0 Å². The lowest BCUT2D eigenvalue weighted by Gasteiger charge is -1.93. The number of nitrogens with one attached hydrogen (secondary N) is 1. The molecule has 0 aliphatic rings. The van der Waals surface area contributed by atoms with Gasteiger partial charge in [0.15, 0.2) is 0 Å². The van der Waals surface area contributed by atoms with Crippen LogP contribution in [0.3, 0.4) is 0 Å². The van der Waals surface area contributed by atoms with Gasteiger partial charge in [0.1, 0.15) is 0 Å². The normalized spacial score (nSPS) is 9.33. The van der Waals surface area contributed by atoms with E-state index in [2.05, 4.69) is 0 Å². The van der Waals surface area contributed by atoms with E-state index in [1.54, 1.807) is 13.8 Å². The maximum atomic E-state index is 10.6. The van der Waals surface area contributed by atoms with Crippen LogP contribution in [0.4, 0.5) is 13.2 Å². The summed E-state index contributed by atoms with van der Waals surface area (Å²) >= 11 is 0. The number of alkyl halides is 3. The number of hydrogen-bond donors (Lipinski definition) is 4. The quantitative estimate of drug-likeness (QED) is 0.368. The van der Waals surface area contributed by atoms with Crippen molar-refractivity contribution in [1.82, 2.24) is 0 Å². The second-order valence-corrected chi connectivity index (χ2v) is 2.58. The van der Waals surface area contributed by atoms with Gasteiger partial charge < -0.3 is 15.9 Å². The van der Waals surface area contributed by atoms with Crippen molar-refractivity contribution in [3.63, 3.8) is 0 Å². The molecule has 0 aromatic rings. The van der Waals surface area contributed by atoms with Crippen LogP contribution in [-0.2, 0) is 4.79 Å². The van der Waals surface area contributed by atoms with Gasteiger partial charge in [-0.05, 0) is 20.8 Å². The predicted molar refractivity (Wildman–Crippen MR) is 48.6 cm³/mol. The molecule has 0 heterocycles. The molecule has 0 aliphatic carbocycles. The van der Waals surface area contributed by atoms with Crippen LogP contribution in [0, 0.1) is 5.41 Å². The van der Waals surface area contributed by atoms with E-state index in [4.69, 9.17) is 26.2 Å². The molecule has 8 heteroatoms. The summed E-state index contributed by atoms with van der Waals surface area (Å²) in [5.74, 6) is -2.59. The highest BCUT2D eigenvalue weighted by Crippen LogP contribution is 2.13. The highest BCUT2D eigenvalue weighted by Gasteiger charge is 2.38. The standard InChI is InChI=1S/C3H8O.C2HF3O2.C2H6N2/c1-3(2)4;3-2(4,5)1(6)7;1-2(3)4/h3-4H,1-2H3;(H,6,7);1H3,(H3,3,4). The lowest BCUT2D eigenvalue weighted by molar-refractivity contribution is -0.192. The number of aliphatic hydroxyl groups is 1. The Bertz CT molecular complexity index is 186. The Morgan fingerprint density at radius 1 is 1.40 bits per heavy atom. The lowest BCUT2D eigenvalue weighted by Crippen LogP contribution is -2.21. The predicted octanol–water partition coefficient (Wildman–Crippen LogP) is 0.963. The molecule has 0 fully saturated rings. The second kappa shape index (κ2) is 9.25. The maximum absolute atomic E-state index is 10.6. The number of carbonyl (C=O) groups is 1. The number of rotatable bonds is 0. The third kappa shape index (κ3) is 65.9. The number of halogens is 3. The monoisotopic (exact) mass is 232 g/mol. The molecule has 0 aliphatic heterocycles. The van der Waals surface area contributed by atoms with Crippen molar-refractivity contribution >= 4 is 11.8 Å². The third-order valence-electron chi connectivity index (χ3n) is 0.243. The molecule has 0 atom stereocenters. The second-order valence-electron chi connectivity index (χ2n) is 2.58. The first-order valence-electron chi connectivity index (χ1n) is 3.70. The fourth-order valence-electron chi connectivity index (χ4n) is 0. The van der Waals surface area contributed by atoms with Gasteiger partial charge in [0.25, 0.3) is 0 Å². The van der Waals surface area contributed by atoms with Gasteiger partial charge in [-0.15, -0.1) is 0 Å². The Morgan fingerprint density at radius 2 is 1.47 bits per heavy atom. The first-order chi connectivity index (χ1) is 6.41. The summed E-state index contributed by atoms with van der Waals surface area (Å²) in [6.07, 6.45) is -5.25. The Labute approximate surface area is 85.2 Å². The molecule has 5 N–H and O–H groups in total. The summed E-state index contributed by atoms with van der Waals surface area (Å²) in [5.41, 5.74) is 4.69. The van der Waals surface area contributed by atoms with Gasteiger partial charge >= 0.3 is 12.1 Å². The van der Waals surface area contributed by atoms with Crippen molar-refractivity contribution in [2.75, 3.05) is 0 Å². The van der Waals surface area contributed by atoms with E-state index in [1.165, 1.54) is 6.92 Å². The Balaban J connectivity index is -0.000000155. The molecule has 0 aromatic carbocycles. The van der Waals surface area contributed by atoms with E-state index in [0.29, 0.717) is 0 Å². The van der Waals surface area contributed by atoms with Crippen molar-refractivity contribution in [2.45, 2.75) is 33.1 Å². The number of aliphatic hydroxyl groups excluding tert-OH is 1. The van der Waals surface area contributed by atoms with Crippen molar-refractivity contribution in [3.8, 4) is 0 Å². The smallest absolute Gasteiger partial charge is 0.475 e. The Hall–Kier alpha value is -1.31. The van der Waals surface area contributed by atoms with E-state index in [-0.39, 0.29) is 11.9 Å². The van der Waals surface area contributed by atoms with Crippen LogP contribution in [-0.4, -0.2) is 34.3 Å². The number of amidine groups is 1. The van der Waals surface area contributed by atoms with Gasteiger partial charge in [-0.2, -0.15) is 13.2 Å². The summed E-state index contributed by atoms with van der Waals surface area (Å²) < 4.78 is 31.7. The summed E-state index contributed by atoms with van der Waals surface area (Å²) in [6.45, 7) is 4.97. The van der Waals surface area contributed by atoms with Crippen LogP contribution < -0.4 is 5.73 Å². The van der Waals surface area contributed by atoms with E-state index < -0.39 is 12.1 Å². The van der Waals surface area contributed by atoms with Crippen molar-refractivity contribution < 1.29 is 28.2 Å². The number of hydrogen-bond acceptors (Lipinski definition) is 3. The lowest BCUT2D eigenvalue weighted by atomic mass is 10.5. The first-order valence-corrected chi connectivity index (χ1v) is 3.70. The van der Waals surface area contributed by atoms with Gasteiger partial charge in [-0.25, -0.2) is 4.79 Å². The van der Waals surface area contributed by atoms with Crippen molar-refractivity contribution in [1.29, 1.82) is 5.41 Å². The van der Waals surface area contributed by atoms with Crippen LogP contribution in [0.15, 0.2) is 0 Å². The minimum atomic E-state index is -5.08. The molecule has 0 unspecified atom stereocenters. The van der Waals surface area contributed by atoms with Crippen LogP contribution in [0.1, 0.15) is 20.8 Å². The highest BCUT2D eigenvalue weighted by atomic mass is 19.4.